The molecular weight excluding hydrogens is 236 g/mol. The molecule has 1 heterocycles. The predicted molar refractivity (Wildman–Crippen MR) is 69.4 cm³/mol. The average Bonchev–Trinajstić information content (AvgIpc) is 2.59. The van der Waals surface area contributed by atoms with Crippen LogP contribution >= 0.6 is 11.3 Å². The van der Waals surface area contributed by atoms with E-state index < -0.39 is 5.54 Å². The summed E-state index contributed by atoms with van der Waals surface area (Å²) in [5.74, 6) is -0.345. The van der Waals surface area contributed by atoms with Crippen LogP contribution in [0.4, 0.5) is 0 Å². The van der Waals surface area contributed by atoms with Crippen molar-refractivity contribution in [1.29, 1.82) is 0 Å². The predicted octanol–water partition coefficient (Wildman–Crippen LogP) is 2.42. The van der Waals surface area contributed by atoms with Gasteiger partial charge in [0.2, 0.25) is 0 Å². The number of aromatic nitrogens is 1. The van der Waals surface area contributed by atoms with E-state index in [-0.39, 0.29) is 11.4 Å². The molecule has 0 aliphatic carbocycles. The highest BCUT2D eigenvalue weighted by atomic mass is 32.1. The molecule has 0 amide bonds. The number of rotatable bonds is 2. The van der Waals surface area contributed by atoms with Gasteiger partial charge in [-0.25, -0.2) is 9.78 Å². The Balaban J connectivity index is 3.37. The molecule has 0 spiro atoms. The summed E-state index contributed by atoms with van der Waals surface area (Å²) in [4.78, 5) is 16.8. The first-order valence-corrected chi connectivity index (χ1v) is 6.28. The highest BCUT2D eigenvalue weighted by Gasteiger charge is 2.31. The number of hydrogen-bond acceptors (Lipinski definition) is 5. The first-order valence-electron chi connectivity index (χ1n) is 5.46. The zero-order chi connectivity index (χ0) is 13.4. The van der Waals surface area contributed by atoms with Crippen LogP contribution in [0.15, 0.2) is 0 Å². The van der Waals surface area contributed by atoms with Gasteiger partial charge >= 0.3 is 5.97 Å². The first-order chi connectivity index (χ1) is 7.57. The maximum atomic E-state index is 11.7. The number of nitrogens with zero attached hydrogens (tertiary/aromatic N) is 1. The Morgan fingerprint density at radius 2 is 1.82 bits per heavy atom. The van der Waals surface area contributed by atoms with E-state index in [1.54, 1.807) is 0 Å². The molecule has 0 fully saturated rings. The lowest BCUT2D eigenvalue weighted by atomic mass is 9.91. The molecule has 0 unspecified atom stereocenters. The Labute approximate surface area is 106 Å². The van der Waals surface area contributed by atoms with E-state index in [0.29, 0.717) is 4.88 Å². The topological polar surface area (TPSA) is 65.2 Å². The number of nitrogens with two attached hydrogens (primary N) is 1. The van der Waals surface area contributed by atoms with Crippen molar-refractivity contribution in [3.05, 3.63) is 15.6 Å². The number of hydrogen-bond donors (Lipinski definition) is 1. The summed E-state index contributed by atoms with van der Waals surface area (Å²) in [5.41, 5.74) is 6.02. The maximum Gasteiger partial charge on any atom is 0.350 e. The highest BCUT2D eigenvalue weighted by Crippen LogP contribution is 2.33. The number of ether oxygens (including phenoxy) is 1. The van der Waals surface area contributed by atoms with Crippen LogP contribution < -0.4 is 5.73 Å². The van der Waals surface area contributed by atoms with E-state index in [1.807, 2.05) is 34.6 Å². The average molecular weight is 256 g/mol. The smallest absolute Gasteiger partial charge is 0.350 e. The molecule has 0 aliphatic heterocycles. The molecule has 0 saturated heterocycles. The minimum atomic E-state index is -0.545. The SMILES string of the molecule is COC(=O)c1sc(C(C)(C)N)nc1C(C)(C)C. The van der Waals surface area contributed by atoms with Crippen LogP contribution in [-0.4, -0.2) is 18.1 Å². The molecule has 1 aromatic heterocycles. The van der Waals surface area contributed by atoms with Gasteiger partial charge in [-0.05, 0) is 13.8 Å². The monoisotopic (exact) mass is 256 g/mol. The quantitative estimate of drug-likeness (QED) is 0.825. The number of thiazole rings is 1. The zero-order valence-electron chi connectivity index (χ0n) is 11.2. The van der Waals surface area contributed by atoms with Crippen LogP contribution in [-0.2, 0) is 15.7 Å². The minimum absolute atomic E-state index is 0.205. The molecule has 96 valence electrons. The molecule has 0 aliphatic rings. The molecule has 0 aromatic carbocycles. The van der Waals surface area contributed by atoms with Crippen molar-refractivity contribution < 1.29 is 9.53 Å². The van der Waals surface area contributed by atoms with Crippen molar-refractivity contribution in [2.75, 3.05) is 7.11 Å². The van der Waals surface area contributed by atoms with E-state index >= 15 is 0 Å². The molecule has 0 bridgehead atoms. The van der Waals surface area contributed by atoms with Crippen LogP contribution in [0.2, 0.25) is 0 Å². The summed E-state index contributed by atoms with van der Waals surface area (Å²) in [7, 11) is 1.38. The molecule has 17 heavy (non-hydrogen) atoms. The summed E-state index contributed by atoms with van der Waals surface area (Å²) in [6.07, 6.45) is 0. The van der Waals surface area contributed by atoms with Gasteiger partial charge in [-0.1, -0.05) is 20.8 Å². The van der Waals surface area contributed by atoms with Gasteiger partial charge in [0.15, 0.2) is 0 Å². The Hall–Kier alpha value is -0.940. The van der Waals surface area contributed by atoms with Crippen LogP contribution in [0.5, 0.6) is 0 Å². The van der Waals surface area contributed by atoms with Crippen molar-refractivity contribution in [3.63, 3.8) is 0 Å². The molecule has 5 heteroatoms. The molecule has 1 aromatic rings. The fraction of sp³-hybridized carbons (Fsp3) is 0.667. The lowest BCUT2D eigenvalue weighted by molar-refractivity contribution is 0.0603. The fourth-order valence-corrected chi connectivity index (χ4v) is 2.54. The minimum Gasteiger partial charge on any atom is -0.465 e. The first kappa shape index (κ1) is 14.1. The van der Waals surface area contributed by atoms with Gasteiger partial charge in [-0.3, -0.25) is 0 Å². The fourth-order valence-electron chi connectivity index (χ4n) is 1.34. The molecule has 4 nitrogen and oxygen atoms in total. The van der Waals surface area contributed by atoms with Gasteiger partial charge < -0.3 is 10.5 Å². The molecule has 0 saturated carbocycles. The second-order valence-electron chi connectivity index (χ2n) is 5.66. The summed E-state index contributed by atoms with van der Waals surface area (Å²) < 4.78 is 4.79. The van der Waals surface area contributed by atoms with Gasteiger partial charge in [0.05, 0.1) is 18.3 Å². The third-order valence-corrected chi connectivity index (χ3v) is 3.63. The Kier molecular flexibility index (Phi) is 3.64. The Bertz CT molecular complexity index is 425. The molecule has 0 atom stereocenters. The maximum absolute atomic E-state index is 11.7. The third kappa shape index (κ3) is 3.04. The van der Waals surface area contributed by atoms with E-state index in [0.717, 1.165) is 10.7 Å². The molecule has 1 rings (SSSR count). The van der Waals surface area contributed by atoms with Crippen LogP contribution in [0, 0.1) is 0 Å². The van der Waals surface area contributed by atoms with Crippen molar-refractivity contribution in [2.24, 2.45) is 5.73 Å². The van der Waals surface area contributed by atoms with E-state index in [1.165, 1.54) is 18.4 Å². The molecule has 2 N–H and O–H groups in total. The van der Waals surface area contributed by atoms with Gasteiger partial charge in [0.1, 0.15) is 9.88 Å². The molecular formula is C12H20N2O2S. The largest absolute Gasteiger partial charge is 0.465 e. The number of esters is 1. The van der Waals surface area contributed by atoms with Gasteiger partial charge in [-0.15, -0.1) is 11.3 Å². The van der Waals surface area contributed by atoms with E-state index in [9.17, 15) is 4.79 Å². The Morgan fingerprint density at radius 1 is 1.29 bits per heavy atom. The third-order valence-electron chi connectivity index (χ3n) is 2.26. The second kappa shape index (κ2) is 4.38. The van der Waals surface area contributed by atoms with Crippen molar-refractivity contribution in [1.82, 2.24) is 4.98 Å². The van der Waals surface area contributed by atoms with Crippen LogP contribution in [0.3, 0.4) is 0 Å². The number of carbonyl (C=O) groups is 1. The summed E-state index contributed by atoms with van der Waals surface area (Å²) >= 11 is 1.32. The van der Waals surface area contributed by atoms with Gasteiger partial charge in [-0.2, -0.15) is 0 Å². The number of carbonyl (C=O) groups excluding carboxylic acids is 1. The van der Waals surface area contributed by atoms with Crippen LogP contribution in [0.25, 0.3) is 0 Å². The lowest BCUT2D eigenvalue weighted by Gasteiger charge is -2.17. The summed E-state index contributed by atoms with van der Waals surface area (Å²) in [6.45, 7) is 9.80. The number of methoxy groups -OCH3 is 1. The normalized spacial score (nSPS) is 12.6. The van der Waals surface area contributed by atoms with Crippen molar-refractivity contribution in [3.8, 4) is 0 Å². The van der Waals surface area contributed by atoms with Crippen LogP contribution in [0.1, 0.15) is 55.0 Å². The lowest BCUT2D eigenvalue weighted by Crippen LogP contribution is -2.28. The van der Waals surface area contributed by atoms with Crippen molar-refractivity contribution in [2.45, 2.75) is 45.6 Å². The van der Waals surface area contributed by atoms with Crippen molar-refractivity contribution >= 4 is 17.3 Å². The highest BCUT2D eigenvalue weighted by molar-refractivity contribution is 7.13. The van der Waals surface area contributed by atoms with Gasteiger partial charge in [0, 0.05) is 5.41 Å². The zero-order valence-corrected chi connectivity index (χ0v) is 12.1. The second-order valence-corrected chi connectivity index (χ2v) is 6.66. The Morgan fingerprint density at radius 3 is 2.18 bits per heavy atom. The standard InChI is InChI=1S/C12H20N2O2S/c1-11(2,3)8-7(9(15)16-6)17-10(14-8)12(4,5)13/h13H2,1-6H3. The molecule has 0 radical (unpaired) electrons. The van der Waals surface area contributed by atoms with E-state index in [4.69, 9.17) is 10.5 Å². The summed E-state index contributed by atoms with van der Waals surface area (Å²) in [5, 5.41) is 0.753. The van der Waals surface area contributed by atoms with E-state index in [2.05, 4.69) is 4.98 Å². The van der Waals surface area contributed by atoms with Gasteiger partial charge in [0.25, 0.3) is 0 Å². The summed E-state index contributed by atoms with van der Waals surface area (Å²) in [6, 6.07) is 0.